The van der Waals surface area contributed by atoms with Crippen LogP contribution >= 0.6 is 0 Å². The maximum absolute atomic E-state index is 8.73. The zero-order valence-electron chi connectivity index (χ0n) is 7.81. The zero-order chi connectivity index (χ0) is 9.97. The van der Waals surface area contributed by atoms with E-state index in [9.17, 15) is 0 Å². The Kier molecular flexibility index (Phi) is 2.04. The molecule has 0 atom stereocenters. The molecule has 0 radical (unpaired) electrons. The molecule has 1 aromatic heterocycles. The fourth-order valence-corrected chi connectivity index (χ4v) is 1.28. The van der Waals surface area contributed by atoms with Crippen molar-refractivity contribution >= 4 is 0 Å². The first-order valence-corrected chi connectivity index (χ1v) is 4.32. The Morgan fingerprint density at radius 1 is 1.36 bits per heavy atom. The Morgan fingerprint density at radius 3 is 2.86 bits per heavy atom. The van der Waals surface area contributed by atoms with E-state index in [0.29, 0.717) is 5.56 Å². The second-order valence-electron chi connectivity index (χ2n) is 3.06. The fourth-order valence-electron chi connectivity index (χ4n) is 1.28. The van der Waals surface area contributed by atoms with Gasteiger partial charge in [-0.1, -0.05) is 6.07 Å². The van der Waals surface area contributed by atoms with E-state index in [4.69, 9.17) is 5.26 Å². The van der Waals surface area contributed by atoms with Crippen LogP contribution in [-0.2, 0) is 0 Å². The van der Waals surface area contributed by atoms with E-state index in [1.54, 1.807) is 10.7 Å². The average molecular weight is 183 g/mol. The highest BCUT2D eigenvalue weighted by molar-refractivity contribution is 5.40. The maximum Gasteiger partial charge on any atom is 0.0992 e. The van der Waals surface area contributed by atoms with Crippen molar-refractivity contribution in [1.29, 1.82) is 5.26 Å². The van der Waals surface area contributed by atoms with Crippen molar-refractivity contribution in [2.75, 3.05) is 0 Å². The van der Waals surface area contributed by atoms with Gasteiger partial charge in [-0.3, -0.25) is 0 Å². The summed E-state index contributed by atoms with van der Waals surface area (Å²) < 4.78 is 1.76. The third-order valence-electron chi connectivity index (χ3n) is 1.96. The molecular formula is C11H9N3. The van der Waals surface area contributed by atoms with Crippen LogP contribution in [0.15, 0.2) is 36.5 Å². The van der Waals surface area contributed by atoms with Crippen LogP contribution in [0.4, 0.5) is 0 Å². The van der Waals surface area contributed by atoms with Crippen LogP contribution in [-0.4, -0.2) is 9.78 Å². The number of nitrogens with zero attached hydrogens (tertiary/aromatic N) is 3. The molecule has 3 nitrogen and oxygen atoms in total. The van der Waals surface area contributed by atoms with E-state index < -0.39 is 0 Å². The molecule has 2 aromatic rings. The standard InChI is InChI=1S/C11H9N3/c1-9-5-6-14(13-9)11-4-2-3-10(7-11)8-12/h2-7H,1H3. The summed E-state index contributed by atoms with van der Waals surface area (Å²) in [4.78, 5) is 0. The van der Waals surface area contributed by atoms with Gasteiger partial charge in [-0.15, -0.1) is 0 Å². The predicted octanol–water partition coefficient (Wildman–Crippen LogP) is 2.05. The van der Waals surface area contributed by atoms with E-state index in [0.717, 1.165) is 11.4 Å². The summed E-state index contributed by atoms with van der Waals surface area (Å²) in [5.74, 6) is 0. The van der Waals surface area contributed by atoms with Gasteiger partial charge in [0, 0.05) is 6.20 Å². The molecule has 0 bridgehead atoms. The second-order valence-corrected chi connectivity index (χ2v) is 3.06. The molecule has 0 saturated carbocycles. The Hall–Kier alpha value is -2.08. The minimum Gasteiger partial charge on any atom is -0.241 e. The van der Waals surface area contributed by atoms with Gasteiger partial charge in [0.05, 0.1) is 23.0 Å². The van der Waals surface area contributed by atoms with E-state index in [2.05, 4.69) is 11.2 Å². The van der Waals surface area contributed by atoms with Gasteiger partial charge in [0.2, 0.25) is 0 Å². The Labute approximate surface area is 82.2 Å². The van der Waals surface area contributed by atoms with Crippen molar-refractivity contribution in [3.05, 3.63) is 47.8 Å². The van der Waals surface area contributed by atoms with Crippen LogP contribution in [0.25, 0.3) is 5.69 Å². The Morgan fingerprint density at radius 2 is 2.21 bits per heavy atom. The Bertz CT molecular complexity index is 491. The van der Waals surface area contributed by atoms with Crippen LogP contribution < -0.4 is 0 Å². The van der Waals surface area contributed by atoms with E-state index >= 15 is 0 Å². The lowest BCUT2D eigenvalue weighted by Crippen LogP contribution is -1.94. The fraction of sp³-hybridized carbons (Fsp3) is 0.0909. The van der Waals surface area contributed by atoms with Crippen molar-refractivity contribution in [3.63, 3.8) is 0 Å². The molecule has 0 unspecified atom stereocenters. The van der Waals surface area contributed by atoms with E-state index in [1.165, 1.54) is 0 Å². The van der Waals surface area contributed by atoms with Gasteiger partial charge in [-0.05, 0) is 31.2 Å². The van der Waals surface area contributed by atoms with Gasteiger partial charge in [0.15, 0.2) is 0 Å². The van der Waals surface area contributed by atoms with Crippen molar-refractivity contribution in [1.82, 2.24) is 9.78 Å². The molecule has 68 valence electrons. The number of benzene rings is 1. The first kappa shape index (κ1) is 8.52. The van der Waals surface area contributed by atoms with Gasteiger partial charge in [0.25, 0.3) is 0 Å². The maximum atomic E-state index is 8.73. The largest absolute Gasteiger partial charge is 0.241 e. The van der Waals surface area contributed by atoms with Gasteiger partial charge in [0.1, 0.15) is 0 Å². The monoisotopic (exact) mass is 183 g/mol. The number of hydrogen-bond acceptors (Lipinski definition) is 2. The summed E-state index contributed by atoms with van der Waals surface area (Å²) in [7, 11) is 0. The van der Waals surface area contributed by atoms with Crippen LogP contribution in [0.2, 0.25) is 0 Å². The smallest absolute Gasteiger partial charge is 0.0992 e. The van der Waals surface area contributed by atoms with E-state index in [-0.39, 0.29) is 0 Å². The van der Waals surface area contributed by atoms with Gasteiger partial charge >= 0.3 is 0 Å². The molecular weight excluding hydrogens is 174 g/mol. The van der Waals surface area contributed by atoms with Crippen molar-refractivity contribution in [2.45, 2.75) is 6.92 Å². The molecule has 0 saturated heterocycles. The summed E-state index contributed by atoms with van der Waals surface area (Å²) in [6, 6.07) is 11.4. The lowest BCUT2D eigenvalue weighted by Gasteiger charge is -2.00. The Balaban J connectivity index is 2.47. The molecule has 0 fully saturated rings. The minimum atomic E-state index is 0.649. The zero-order valence-corrected chi connectivity index (χ0v) is 7.81. The molecule has 1 heterocycles. The minimum absolute atomic E-state index is 0.649. The van der Waals surface area contributed by atoms with E-state index in [1.807, 2.05) is 37.4 Å². The molecule has 0 N–H and O–H groups in total. The summed E-state index contributed by atoms with van der Waals surface area (Å²) in [6.07, 6.45) is 1.88. The molecule has 0 aliphatic carbocycles. The van der Waals surface area contributed by atoms with Crippen molar-refractivity contribution in [3.8, 4) is 11.8 Å². The highest BCUT2D eigenvalue weighted by Crippen LogP contribution is 2.09. The topological polar surface area (TPSA) is 41.6 Å². The molecule has 2 rings (SSSR count). The molecule has 1 aromatic carbocycles. The van der Waals surface area contributed by atoms with Crippen LogP contribution in [0.5, 0.6) is 0 Å². The third-order valence-corrected chi connectivity index (χ3v) is 1.96. The summed E-state index contributed by atoms with van der Waals surface area (Å²) in [5.41, 5.74) is 2.53. The predicted molar refractivity (Wildman–Crippen MR) is 53.0 cm³/mol. The number of nitriles is 1. The highest BCUT2D eigenvalue weighted by atomic mass is 15.3. The molecule has 0 aliphatic heterocycles. The van der Waals surface area contributed by atoms with Crippen LogP contribution in [0.3, 0.4) is 0 Å². The van der Waals surface area contributed by atoms with Gasteiger partial charge in [-0.25, -0.2) is 4.68 Å². The first-order valence-electron chi connectivity index (χ1n) is 4.32. The molecule has 0 aliphatic rings. The lowest BCUT2D eigenvalue weighted by molar-refractivity contribution is 0.862. The second kappa shape index (κ2) is 3.35. The number of aromatic nitrogens is 2. The SMILES string of the molecule is Cc1ccn(-c2cccc(C#N)c2)n1. The first-order chi connectivity index (χ1) is 6.79. The van der Waals surface area contributed by atoms with Gasteiger partial charge < -0.3 is 0 Å². The summed E-state index contributed by atoms with van der Waals surface area (Å²) >= 11 is 0. The van der Waals surface area contributed by atoms with Crippen molar-refractivity contribution < 1.29 is 0 Å². The summed E-state index contributed by atoms with van der Waals surface area (Å²) in [6.45, 7) is 1.94. The molecule has 14 heavy (non-hydrogen) atoms. The van der Waals surface area contributed by atoms with Gasteiger partial charge in [-0.2, -0.15) is 10.4 Å². The number of hydrogen-bond donors (Lipinski definition) is 0. The highest BCUT2D eigenvalue weighted by Gasteiger charge is 1.98. The normalized spacial score (nSPS) is 9.71. The summed E-state index contributed by atoms with van der Waals surface area (Å²) in [5, 5.41) is 13.0. The average Bonchev–Trinajstić information content (AvgIpc) is 2.65. The van der Waals surface area contributed by atoms with Crippen molar-refractivity contribution in [2.24, 2.45) is 0 Å². The third kappa shape index (κ3) is 1.50. The molecule has 3 heteroatoms. The number of aryl methyl sites for hydroxylation is 1. The number of rotatable bonds is 1. The quantitative estimate of drug-likeness (QED) is 0.679. The molecule has 0 spiro atoms. The molecule has 0 amide bonds. The van der Waals surface area contributed by atoms with Crippen LogP contribution in [0.1, 0.15) is 11.3 Å². The van der Waals surface area contributed by atoms with Crippen LogP contribution in [0, 0.1) is 18.3 Å². The lowest BCUT2D eigenvalue weighted by atomic mass is 10.2.